The van der Waals surface area contributed by atoms with Gasteiger partial charge in [-0.2, -0.15) is 0 Å². The van der Waals surface area contributed by atoms with Crippen LogP contribution in [0.25, 0.3) is 0 Å². The van der Waals surface area contributed by atoms with E-state index < -0.39 is 0 Å². The summed E-state index contributed by atoms with van der Waals surface area (Å²) in [7, 11) is 1.78. The second-order valence-electron chi connectivity index (χ2n) is 6.51. The lowest BCUT2D eigenvalue weighted by Crippen LogP contribution is -2.42. The topological polar surface area (TPSA) is 47.3 Å². The van der Waals surface area contributed by atoms with Gasteiger partial charge in [-0.1, -0.05) is 36.8 Å². The molecular formula is C17H26N2O. The van der Waals surface area contributed by atoms with Crippen LogP contribution in [0, 0.1) is 17.8 Å². The first-order valence-corrected chi connectivity index (χ1v) is 7.85. The number of nitrogens with two attached hydrogens (primary N) is 1. The van der Waals surface area contributed by atoms with Gasteiger partial charge in [-0.15, -0.1) is 0 Å². The summed E-state index contributed by atoms with van der Waals surface area (Å²) in [6, 6.07) is 10.6. The zero-order chi connectivity index (χ0) is 13.9. The number of hydrogen-bond donors (Lipinski definition) is 2. The summed E-state index contributed by atoms with van der Waals surface area (Å²) >= 11 is 0. The molecule has 3 heteroatoms. The Labute approximate surface area is 121 Å². The number of hydrazine groups is 1. The summed E-state index contributed by atoms with van der Waals surface area (Å²) in [4.78, 5) is 0. The molecule has 0 heterocycles. The first-order chi connectivity index (χ1) is 9.81. The number of fused-ring (bicyclic) bond motifs is 2. The van der Waals surface area contributed by atoms with E-state index in [0.29, 0.717) is 0 Å². The minimum Gasteiger partial charge on any atom is -0.375 e. The highest BCUT2D eigenvalue weighted by molar-refractivity contribution is 5.19. The van der Waals surface area contributed by atoms with E-state index >= 15 is 0 Å². The predicted molar refractivity (Wildman–Crippen MR) is 80.9 cm³/mol. The van der Waals surface area contributed by atoms with Crippen molar-refractivity contribution >= 4 is 0 Å². The molecule has 0 saturated heterocycles. The summed E-state index contributed by atoms with van der Waals surface area (Å²) in [6.07, 6.45) is 6.90. The Hall–Kier alpha value is -0.900. The van der Waals surface area contributed by atoms with Crippen molar-refractivity contribution in [3.63, 3.8) is 0 Å². The highest BCUT2D eigenvalue weighted by Crippen LogP contribution is 2.50. The second kappa shape index (κ2) is 6.25. The molecule has 1 aromatic carbocycles. The molecule has 2 aliphatic carbocycles. The molecule has 0 spiro atoms. The standard InChI is InChI=1S/C17H26N2O/c1-20-17(13-5-3-2-4-6-13)16(19-18)11-15-10-12-7-8-14(15)9-12/h2-6,12,14-17,19H,7-11,18H2,1H3. The number of nitrogens with one attached hydrogen (secondary N) is 1. The van der Waals surface area contributed by atoms with Crippen molar-refractivity contribution in [1.29, 1.82) is 0 Å². The van der Waals surface area contributed by atoms with E-state index in [9.17, 15) is 0 Å². The molecule has 5 unspecified atom stereocenters. The molecule has 0 amide bonds. The average molecular weight is 274 g/mol. The van der Waals surface area contributed by atoms with E-state index in [1.807, 2.05) is 6.07 Å². The molecular weight excluding hydrogens is 248 g/mol. The van der Waals surface area contributed by atoms with Gasteiger partial charge in [-0.05, 0) is 49.0 Å². The summed E-state index contributed by atoms with van der Waals surface area (Å²) in [6.45, 7) is 0. The monoisotopic (exact) mass is 274 g/mol. The molecule has 2 fully saturated rings. The van der Waals surface area contributed by atoms with Gasteiger partial charge < -0.3 is 4.74 Å². The molecule has 20 heavy (non-hydrogen) atoms. The molecule has 3 N–H and O–H groups in total. The Bertz CT molecular complexity index is 422. The van der Waals surface area contributed by atoms with Gasteiger partial charge in [0.2, 0.25) is 0 Å². The third-order valence-electron chi connectivity index (χ3n) is 5.40. The van der Waals surface area contributed by atoms with Crippen LogP contribution in [0.3, 0.4) is 0 Å². The fraction of sp³-hybridized carbons (Fsp3) is 0.647. The molecule has 2 aliphatic rings. The lowest BCUT2D eigenvalue weighted by atomic mass is 9.82. The second-order valence-corrected chi connectivity index (χ2v) is 6.51. The lowest BCUT2D eigenvalue weighted by molar-refractivity contribution is 0.0549. The normalized spacial score (nSPS) is 31.4. The van der Waals surface area contributed by atoms with E-state index in [4.69, 9.17) is 10.6 Å². The van der Waals surface area contributed by atoms with Crippen LogP contribution in [0.2, 0.25) is 0 Å². The fourth-order valence-corrected chi connectivity index (χ4v) is 4.45. The van der Waals surface area contributed by atoms with Gasteiger partial charge >= 0.3 is 0 Å². The average Bonchev–Trinajstić information content (AvgIpc) is 3.10. The Kier molecular flexibility index (Phi) is 4.39. The van der Waals surface area contributed by atoms with Gasteiger partial charge in [-0.3, -0.25) is 11.3 Å². The van der Waals surface area contributed by atoms with Crippen LogP contribution in [-0.4, -0.2) is 13.2 Å². The van der Waals surface area contributed by atoms with Crippen LogP contribution < -0.4 is 11.3 Å². The van der Waals surface area contributed by atoms with Crippen LogP contribution >= 0.6 is 0 Å². The van der Waals surface area contributed by atoms with E-state index in [1.54, 1.807) is 7.11 Å². The molecule has 0 aliphatic heterocycles. The molecule has 2 bridgehead atoms. The largest absolute Gasteiger partial charge is 0.375 e. The third kappa shape index (κ3) is 2.76. The smallest absolute Gasteiger partial charge is 0.0987 e. The maximum Gasteiger partial charge on any atom is 0.0987 e. The quantitative estimate of drug-likeness (QED) is 0.619. The summed E-state index contributed by atoms with van der Waals surface area (Å²) < 4.78 is 5.74. The van der Waals surface area contributed by atoms with Crippen LogP contribution in [-0.2, 0) is 4.74 Å². The highest BCUT2D eigenvalue weighted by atomic mass is 16.5. The van der Waals surface area contributed by atoms with Gasteiger partial charge in [0.15, 0.2) is 0 Å². The SMILES string of the molecule is COC(c1ccccc1)C(CC1CC2CCC1C2)NN. The number of hydrogen-bond acceptors (Lipinski definition) is 3. The van der Waals surface area contributed by atoms with E-state index in [0.717, 1.165) is 24.2 Å². The van der Waals surface area contributed by atoms with Crippen molar-refractivity contribution in [1.82, 2.24) is 5.43 Å². The van der Waals surface area contributed by atoms with Crippen LogP contribution in [0.4, 0.5) is 0 Å². The minimum absolute atomic E-state index is 0.0420. The molecule has 3 rings (SSSR count). The van der Waals surface area contributed by atoms with Crippen molar-refractivity contribution in [3.05, 3.63) is 35.9 Å². The molecule has 110 valence electrons. The first kappa shape index (κ1) is 14.1. The van der Waals surface area contributed by atoms with Crippen LogP contribution in [0.1, 0.15) is 43.8 Å². The van der Waals surface area contributed by atoms with Crippen molar-refractivity contribution in [2.75, 3.05) is 7.11 Å². The lowest BCUT2D eigenvalue weighted by Gasteiger charge is -2.31. The fourth-order valence-electron chi connectivity index (χ4n) is 4.45. The predicted octanol–water partition coefficient (Wildman–Crippen LogP) is 3.03. The molecule has 5 atom stereocenters. The Balaban J connectivity index is 1.68. The van der Waals surface area contributed by atoms with Crippen molar-refractivity contribution in [3.8, 4) is 0 Å². The molecule has 0 aromatic heterocycles. The third-order valence-corrected chi connectivity index (χ3v) is 5.40. The van der Waals surface area contributed by atoms with Crippen molar-refractivity contribution < 1.29 is 4.74 Å². The number of rotatable bonds is 6. The van der Waals surface area contributed by atoms with Gasteiger partial charge in [0.05, 0.1) is 12.1 Å². The molecule has 0 radical (unpaired) electrons. The van der Waals surface area contributed by atoms with Gasteiger partial charge in [0, 0.05) is 7.11 Å². The number of ether oxygens (including phenoxy) is 1. The molecule has 2 saturated carbocycles. The Morgan fingerprint density at radius 3 is 2.60 bits per heavy atom. The summed E-state index contributed by atoms with van der Waals surface area (Å²) in [5.41, 5.74) is 4.22. The zero-order valence-corrected chi connectivity index (χ0v) is 12.3. The van der Waals surface area contributed by atoms with Crippen molar-refractivity contribution in [2.45, 2.75) is 44.2 Å². The Morgan fingerprint density at radius 2 is 2.05 bits per heavy atom. The van der Waals surface area contributed by atoms with Gasteiger partial charge in [0.1, 0.15) is 0 Å². The zero-order valence-electron chi connectivity index (χ0n) is 12.3. The van der Waals surface area contributed by atoms with E-state index in [-0.39, 0.29) is 12.1 Å². The van der Waals surface area contributed by atoms with Gasteiger partial charge in [0.25, 0.3) is 0 Å². The van der Waals surface area contributed by atoms with E-state index in [1.165, 1.54) is 31.2 Å². The maximum atomic E-state index is 5.83. The van der Waals surface area contributed by atoms with Crippen LogP contribution in [0.15, 0.2) is 30.3 Å². The number of methoxy groups -OCH3 is 1. The van der Waals surface area contributed by atoms with E-state index in [2.05, 4.69) is 29.7 Å². The van der Waals surface area contributed by atoms with Crippen molar-refractivity contribution in [2.24, 2.45) is 23.6 Å². The molecule has 3 nitrogen and oxygen atoms in total. The summed E-state index contributed by atoms with van der Waals surface area (Å²) in [5.74, 6) is 8.58. The maximum absolute atomic E-state index is 5.83. The first-order valence-electron chi connectivity index (χ1n) is 7.85. The number of benzene rings is 1. The molecule has 1 aromatic rings. The highest BCUT2D eigenvalue weighted by Gasteiger charge is 2.41. The van der Waals surface area contributed by atoms with Gasteiger partial charge in [-0.25, -0.2) is 0 Å². The summed E-state index contributed by atoms with van der Waals surface area (Å²) in [5, 5.41) is 0. The Morgan fingerprint density at radius 1 is 1.25 bits per heavy atom. The van der Waals surface area contributed by atoms with Crippen LogP contribution in [0.5, 0.6) is 0 Å². The minimum atomic E-state index is 0.0420.